The normalized spacial score (nSPS) is 16.0. The topological polar surface area (TPSA) is 88.9 Å². The van der Waals surface area contributed by atoms with E-state index in [0.717, 1.165) is 23.8 Å². The molecule has 1 saturated carbocycles. The van der Waals surface area contributed by atoms with Crippen LogP contribution in [0.4, 0.5) is 0 Å². The number of carbonyl (C=O) groups excluding carboxylic acids is 2. The van der Waals surface area contributed by atoms with Crippen molar-refractivity contribution in [3.05, 3.63) is 5.82 Å². The Kier molecular flexibility index (Phi) is 7.93. The molecule has 1 aromatic heterocycles. The van der Waals surface area contributed by atoms with Gasteiger partial charge in [0.15, 0.2) is 5.16 Å². The van der Waals surface area contributed by atoms with Gasteiger partial charge in [0.05, 0.1) is 0 Å². The first-order valence-corrected chi connectivity index (χ1v) is 10.7. The van der Waals surface area contributed by atoms with Crippen LogP contribution in [0, 0.1) is 5.92 Å². The molecule has 0 aliphatic heterocycles. The highest BCUT2D eigenvalue weighted by Gasteiger charge is 2.24. The number of rotatable bonds is 9. The Bertz CT molecular complexity index is 611. The minimum Gasteiger partial charge on any atom is -0.354 e. The Morgan fingerprint density at radius 1 is 1.27 bits per heavy atom. The van der Waals surface area contributed by atoms with Crippen molar-refractivity contribution in [2.75, 3.05) is 12.8 Å². The van der Waals surface area contributed by atoms with E-state index in [1.807, 2.05) is 20.1 Å². The van der Waals surface area contributed by atoms with Crippen molar-refractivity contribution < 1.29 is 9.59 Å². The summed E-state index contributed by atoms with van der Waals surface area (Å²) in [6, 6.07) is 0.0277. The molecule has 146 valence electrons. The molecule has 2 amide bonds. The predicted molar refractivity (Wildman–Crippen MR) is 103 cm³/mol. The minimum atomic E-state index is -0.488. The molecule has 1 aliphatic carbocycles. The highest BCUT2D eigenvalue weighted by Crippen LogP contribution is 2.33. The van der Waals surface area contributed by atoms with Crippen LogP contribution in [0.3, 0.4) is 0 Å². The van der Waals surface area contributed by atoms with E-state index in [1.165, 1.54) is 32.6 Å². The minimum absolute atomic E-state index is 0.0495. The van der Waals surface area contributed by atoms with Crippen LogP contribution >= 0.6 is 11.8 Å². The first kappa shape index (κ1) is 20.7. The van der Waals surface area contributed by atoms with Gasteiger partial charge in [-0.05, 0) is 31.4 Å². The van der Waals surface area contributed by atoms with E-state index in [2.05, 4.69) is 25.4 Å². The molecule has 1 heterocycles. The third-order valence-corrected chi connectivity index (χ3v) is 5.44. The van der Waals surface area contributed by atoms with Crippen LogP contribution in [0.15, 0.2) is 5.16 Å². The van der Waals surface area contributed by atoms with Crippen molar-refractivity contribution in [3.63, 3.8) is 0 Å². The average Bonchev–Trinajstić information content (AvgIpc) is 3.24. The van der Waals surface area contributed by atoms with E-state index in [1.54, 1.807) is 11.8 Å². The maximum absolute atomic E-state index is 12.3. The van der Waals surface area contributed by atoms with Gasteiger partial charge in [-0.3, -0.25) is 9.59 Å². The number of thioether (sulfide) groups is 1. The van der Waals surface area contributed by atoms with Crippen LogP contribution in [-0.2, 0) is 16.0 Å². The van der Waals surface area contributed by atoms with Crippen molar-refractivity contribution in [3.8, 4) is 0 Å². The molecule has 2 N–H and O–H groups in total. The molecule has 0 unspecified atom stereocenters. The monoisotopic (exact) mass is 381 g/mol. The highest BCUT2D eigenvalue weighted by molar-refractivity contribution is 7.98. The first-order chi connectivity index (χ1) is 12.4. The standard InChI is InChI=1S/C18H31N5O2S/c1-12(2)16(20-13(3)24)17(25)19-11-7-10-15-21-22-18(26-4)23(15)14-8-5-6-9-14/h12,14,16H,5-11H2,1-4H3,(H,19,25)(H,20,24)/t16-/m1/s1. The summed E-state index contributed by atoms with van der Waals surface area (Å²) >= 11 is 1.64. The van der Waals surface area contributed by atoms with Gasteiger partial charge in [-0.1, -0.05) is 38.5 Å². The molecule has 1 fully saturated rings. The third kappa shape index (κ3) is 5.46. The number of aromatic nitrogens is 3. The Balaban J connectivity index is 1.87. The second-order valence-corrected chi connectivity index (χ2v) is 8.00. The first-order valence-electron chi connectivity index (χ1n) is 9.46. The molecule has 1 aromatic rings. The number of nitrogens with one attached hydrogen (secondary N) is 2. The number of amides is 2. The number of aryl methyl sites for hydroxylation is 1. The highest BCUT2D eigenvalue weighted by atomic mass is 32.2. The fourth-order valence-corrected chi connectivity index (χ4v) is 4.04. The number of hydrogen-bond acceptors (Lipinski definition) is 5. The average molecular weight is 382 g/mol. The van der Waals surface area contributed by atoms with Crippen molar-refractivity contribution in [1.82, 2.24) is 25.4 Å². The van der Waals surface area contributed by atoms with Crippen LogP contribution < -0.4 is 10.6 Å². The zero-order chi connectivity index (χ0) is 19.1. The number of carbonyl (C=O) groups is 2. The molecule has 2 rings (SSSR count). The lowest BCUT2D eigenvalue weighted by molar-refractivity contribution is -0.129. The van der Waals surface area contributed by atoms with Gasteiger partial charge in [-0.15, -0.1) is 10.2 Å². The molecular weight excluding hydrogens is 350 g/mol. The molecule has 7 nitrogen and oxygen atoms in total. The van der Waals surface area contributed by atoms with Crippen LogP contribution in [0.5, 0.6) is 0 Å². The van der Waals surface area contributed by atoms with E-state index in [0.29, 0.717) is 12.6 Å². The Morgan fingerprint density at radius 3 is 2.54 bits per heavy atom. The van der Waals surface area contributed by atoms with Crippen molar-refractivity contribution >= 4 is 23.6 Å². The van der Waals surface area contributed by atoms with Gasteiger partial charge in [0, 0.05) is 25.9 Å². The SMILES string of the molecule is CSc1nnc(CCCNC(=O)[C@H](NC(C)=O)C(C)C)n1C1CCCC1. The summed E-state index contributed by atoms with van der Waals surface area (Å²) in [5.74, 6) is 0.747. The quantitative estimate of drug-likeness (QED) is 0.506. The molecule has 1 atom stereocenters. The lowest BCUT2D eigenvalue weighted by Gasteiger charge is -2.21. The van der Waals surface area contributed by atoms with Gasteiger partial charge in [-0.25, -0.2) is 0 Å². The van der Waals surface area contributed by atoms with Crippen LogP contribution in [0.2, 0.25) is 0 Å². The molecule has 0 radical (unpaired) electrons. The van der Waals surface area contributed by atoms with Crippen molar-refractivity contribution in [1.29, 1.82) is 0 Å². The lowest BCUT2D eigenvalue weighted by atomic mass is 10.0. The Labute approximate surface area is 160 Å². The van der Waals surface area contributed by atoms with Gasteiger partial charge in [0.1, 0.15) is 11.9 Å². The summed E-state index contributed by atoms with van der Waals surface area (Å²) in [5, 5.41) is 15.3. The fourth-order valence-electron chi connectivity index (χ4n) is 3.47. The van der Waals surface area contributed by atoms with Gasteiger partial charge >= 0.3 is 0 Å². The van der Waals surface area contributed by atoms with E-state index in [9.17, 15) is 9.59 Å². The summed E-state index contributed by atoms with van der Waals surface area (Å²) in [5.41, 5.74) is 0. The van der Waals surface area contributed by atoms with Gasteiger partial charge < -0.3 is 15.2 Å². The second kappa shape index (κ2) is 9.94. The molecule has 1 aliphatic rings. The van der Waals surface area contributed by atoms with E-state index in [-0.39, 0.29) is 17.7 Å². The van der Waals surface area contributed by atoms with E-state index < -0.39 is 6.04 Å². The molecule has 0 bridgehead atoms. The summed E-state index contributed by atoms with van der Waals surface area (Å²) in [4.78, 5) is 23.6. The molecular formula is C18H31N5O2S. The summed E-state index contributed by atoms with van der Waals surface area (Å²) in [6.07, 6.45) is 8.56. The fraction of sp³-hybridized carbons (Fsp3) is 0.778. The molecule has 26 heavy (non-hydrogen) atoms. The summed E-state index contributed by atoms with van der Waals surface area (Å²) in [6.45, 7) is 5.85. The third-order valence-electron chi connectivity index (χ3n) is 4.79. The van der Waals surface area contributed by atoms with E-state index >= 15 is 0 Å². The van der Waals surface area contributed by atoms with Gasteiger partial charge in [0.2, 0.25) is 11.8 Å². The predicted octanol–water partition coefficient (Wildman–Crippen LogP) is 2.32. The van der Waals surface area contributed by atoms with Crippen LogP contribution in [0.25, 0.3) is 0 Å². The molecule has 0 aromatic carbocycles. The smallest absolute Gasteiger partial charge is 0.242 e. The second-order valence-electron chi connectivity index (χ2n) is 7.23. The van der Waals surface area contributed by atoms with Crippen LogP contribution in [0.1, 0.15) is 64.7 Å². The number of nitrogens with zero attached hydrogens (tertiary/aromatic N) is 3. The summed E-state index contributed by atoms with van der Waals surface area (Å²) < 4.78 is 2.30. The molecule has 8 heteroatoms. The summed E-state index contributed by atoms with van der Waals surface area (Å²) in [7, 11) is 0. The van der Waals surface area contributed by atoms with E-state index in [4.69, 9.17) is 0 Å². The number of hydrogen-bond donors (Lipinski definition) is 2. The zero-order valence-electron chi connectivity index (χ0n) is 16.2. The molecule has 0 spiro atoms. The van der Waals surface area contributed by atoms with Crippen molar-refractivity contribution in [2.24, 2.45) is 5.92 Å². The van der Waals surface area contributed by atoms with Crippen molar-refractivity contribution in [2.45, 2.75) is 76.5 Å². The Morgan fingerprint density at radius 2 is 1.96 bits per heavy atom. The largest absolute Gasteiger partial charge is 0.354 e. The van der Waals surface area contributed by atoms with Gasteiger partial charge in [0.25, 0.3) is 0 Å². The Hall–Kier alpha value is -1.57. The van der Waals surface area contributed by atoms with Gasteiger partial charge in [-0.2, -0.15) is 0 Å². The zero-order valence-corrected chi connectivity index (χ0v) is 17.1. The molecule has 0 saturated heterocycles. The maximum Gasteiger partial charge on any atom is 0.242 e. The lowest BCUT2D eigenvalue weighted by Crippen LogP contribution is -2.49. The van der Waals surface area contributed by atoms with Crippen LogP contribution in [-0.4, -0.2) is 45.4 Å². The maximum atomic E-state index is 12.3.